The van der Waals surface area contributed by atoms with Crippen LogP contribution >= 0.6 is 22.6 Å². The van der Waals surface area contributed by atoms with Gasteiger partial charge in [0.05, 0.1) is 10.2 Å². The van der Waals surface area contributed by atoms with Crippen molar-refractivity contribution in [2.45, 2.75) is 57.9 Å². The lowest BCUT2D eigenvalue weighted by Crippen LogP contribution is -2.38. The molecule has 3 aliphatic rings. The monoisotopic (exact) mass is 609 g/mol. The van der Waals surface area contributed by atoms with Gasteiger partial charge >= 0.3 is 0 Å². The summed E-state index contributed by atoms with van der Waals surface area (Å²) in [7, 11) is 0. The van der Waals surface area contributed by atoms with E-state index in [4.69, 9.17) is 9.47 Å². The minimum Gasteiger partial charge on any atom is -0.490 e. The summed E-state index contributed by atoms with van der Waals surface area (Å²) < 4.78 is 12.8. The summed E-state index contributed by atoms with van der Waals surface area (Å²) in [6.45, 7) is 7.22. The predicted molar refractivity (Wildman–Crippen MR) is 153 cm³/mol. The summed E-state index contributed by atoms with van der Waals surface area (Å²) in [5.41, 5.74) is 5.83. The number of benzene rings is 2. The topological polar surface area (TPSA) is 55.8 Å². The normalized spacial score (nSPS) is 18.1. The van der Waals surface area contributed by atoms with Crippen LogP contribution in [0.4, 0.5) is 0 Å². The van der Waals surface area contributed by atoms with E-state index in [-0.39, 0.29) is 17.5 Å². The van der Waals surface area contributed by atoms with Gasteiger partial charge in [0, 0.05) is 47.8 Å². The molecule has 0 saturated carbocycles. The molecule has 0 atom stereocenters. The Balaban J connectivity index is 1.69. The zero-order valence-electron chi connectivity index (χ0n) is 21.2. The van der Waals surface area contributed by atoms with Crippen LogP contribution in [0.15, 0.2) is 77.7 Å². The van der Waals surface area contributed by atoms with E-state index < -0.39 is 0 Å². The van der Waals surface area contributed by atoms with Gasteiger partial charge in [0.2, 0.25) is 0 Å². The summed E-state index contributed by atoms with van der Waals surface area (Å²) in [5.74, 6) is 1.22. The summed E-state index contributed by atoms with van der Waals surface area (Å²) >= 11 is 2.26. The van der Waals surface area contributed by atoms with Gasteiger partial charge in [-0.3, -0.25) is 9.59 Å². The number of Topliss-reactive ketones (excluding diaryl/α,β-unsaturated/α-hetero) is 2. The molecule has 2 aromatic carbocycles. The number of hydrogen-bond donors (Lipinski definition) is 0. The predicted octanol–water partition coefficient (Wildman–Crippen LogP) is 6.87. The van der Waals surface area contributed by atoms with Crippen LogP contribution < -0.4 is 9.47 Å². The molecule has 0 amide bonds. The molecule has 1 aliphatic heterocycles. The van der Waals surface area contributed by atoms with Crippen LogP contribution in [0.3, 0.4) is 0 Å². The van der Waals surface area contributed by atoms with Crippen LogP contribution in [-0.4, -0.2) is 29.7 Å². The lowest BCUT2D eigenvalue weighted by Gasteiger charge is -2.44. The molecule has 1 heterocycles. The molecule has 5 nitrogen and oxygen atoms in total. The Hall–Kier alpha value is -2.87. The van der Waals surface area contributed by atoms with Crippen LogP contribution in [0.5, 0.6) is 11.5 Å². The Morgan fingerprint density at radius 1 is 0.973 bits per heavy atom. The van der Waals surface area contributed by atoms with Crippen molar-refractivity contribution in [2.24, 2.45) is 0 Å². The van der Waals surface area contributed by atoms with Crippen molar-refractivity contribution in [1.29, 1.82) is 0 Å². The largest absolute Gasteiger partial charge is 0.490 e. The number of carbonyl (C=O) groups is 2. The lowest BCUT2D eigenvalue weighted by atomic mass is 9.71. The summed E-state index contributed by atoms with van der Waals surface area (Å²) in [6.07, 6.45) is 6.08. The third kappa shape index (κ3) is 5.00. The summed E-state index contributed by atoms with van der Waals surface area (Å²) in [4.78, 5) is 29.5. The second-order valence-electron chi connectivity index (χ2n) is 9.64. The number of halogens is 1. The number of nitrogens with zero attached hydrogens (tertiary/aromatic N) is 1. The van der Waals surface area contributed by atoms with E-state index in [2.05, 4.69) is 52.3 Å². The Kier molecular flexibility index (Phi) is 7.84. The fourth-order valence-electron chi connectivity index (χ4n) is 5.81. The van der Waals surface area contributed by atoms with E-state index in [1.165, 1.54) is 5.56 Å². The molecular weight excluding hydrogens is 577 g/mol. The molecule has 0 saturated heterocycles. The molecule has 2 aliphatic carbocycles. The van der Waals surface area contributed by atoms with E-state index in [1.54, 1.807) is 6.08 Å². The van der Waals surface area contributed by atoms with Gasteiger partial charge in [-0.1, -0.05) is 43.0 Å². The highest BCUT2D eigenvalue weighted by Gasteiger charge is 2.43. The molecule has 2 aromatic rings. The minimum atomic E-state index is -0.376. The van der Waals surface area contributed by atoms with Crippen LogP contribution in [0.1, 0.15) is 62.5 Å². The zero-order chi connectivity index (χ0) is 25.9. The average Bonchev–Trinajstić information content (AvgIpc) is 2.89. The quantitative estimate of drug-likeness (QED) is 0.242. The number of allylic oxidation sites excluding steroid dienone is 4. The average molecular weight is 610 g/mol. The number of ketones is 2. The zero-order valence-corrected chi connectivity index (χ0v) is 23.4. The second kappa shape index (κ2) is 11.3. The van der Waals surface area contributed by atoms with Gasteiger partial charge in [0.1, 0.15) is 6.61 Å². The molecule has 6 heteroatoms. The molecule has 0 bridgehead atoms. The van der Waals surface area contributed by atoms with Crippen molar-refractivity contribution in [3.63, 3.8) is 0 Å². The second-order valence-corrected chi connectivity index (χ2v) is 10.8. The van der Waals surface area contributed by atoms with Crippen molar-refractivity contribution in [1.82, 2.24) is 4.90 Å². The van der Waals surface area contributed by atoms with Crippen molar-refractivity contribution >= 4 is 34.2 Å². The Labute approximate surface area is 232 Å². The molecule has 0 radical (unpaired) electrons. The summed E-state index contributed by atoms with van der Waals surface area (Å²) in [5, 5.41) is 0. The Bertz CT molecular complexity index is 1250. The standard InChI is InChI=1S/C31H32INO4/c1-3-16-37-31-22(32)17-21(18-27(31)36-4-2)28-29-23(12-8-14-25(29)34)33(19-20-10-6-5-7-11-20)24-13-9-15-26(35)30(24)28/h3,5-7,10-11,17-18,28H,1,4,8-9,12-16,19H2,2H3. The lowest BCUT2D eigenvalue weighted by molar-refractivity contribution is -0.117. The van der Waals surface area contributed by atoms with Crippen LogP contribution in [0.25, 0.3) is 0 Å². The van der Waals surface area contributed by atoms with E-state index in [1.807, 2.05) is 31.2 Å². The van der Waals surface area contributed by atoms with Crippen LogP contribution in [0.2, 0.25) is 0 Å². The van der Waals surface area contributed by atoms with Gasteiger partial charge in [-0.05, 0) is 78.5 Å². The fraction of sp³-hybridized carbons (Fsp3) is 0.355. The smallest absolute Gasteiger partial charge is 0.174 e. The number of hydrogen-bond acceptors (Lipinski definition) is 5. The van der Waals surface area contributed by atoms with Gasteiger partial charge in [-0.15, -0.1) is 0 Å². The first-order chi connectivity index (χ1) is 18.0. The van der Waals surface area contributed by atoms with Gasteiger partial charge in [-0.25, -0.2) is 0 Å². The van der Waals surface area contributed by atoms with Crippen LogP contribution in [-0.2, 0) is 16.1 Å². The van der Waals surface area contributed by atoms with Crippen molar-refractivity contribution in [3.8, 4) is 11.5 Å². The molecule has 0 unspecified atom stereocenters. The molecule has 0 fully saturated rings. The fourth-order valence-corrected chi connectivity index (χ4v) is 6.59. The number of carbonyl (C=O) groups excluding carboxylic acids is 2. The van der Waals surface area contributed by atoms with E-state index in [0.29, 0.717) is 44.1 Å². The highest BCUT2D eigenvalue weighted by Crippen LogP contribution is 2.51. The van der Waals surface area contributed by atoms with Gasteiger partial charge in [-0.2, -0.15) is 0 Å². The Morgan fingerprint density at radius 2 is 1.62 bits per heavy atom. The van der Waals surface area contributed by atoms with Crippen LogP contribution in [0, 0.1) is 3.57 Å². The first-order valence-electron chi connectivity index (χ1n) is 13.1. The van der Waals surface area contributed by atoms with Crippen molar-refractivity contribution in [2.75, 3.05) is 13.2 Å². The highest BCUT2D eigenvalue weighted by atomic mass is 127. The third-order valence-electron chi connectivity index (χ3n) is 7.28. The molecule has 37 heavy (non-hydrogen) atoms. The van der Waals surface area contributed by atoms with Crippen molar-refractivity contribution < 1.29 is 19.1 Å². The molecule has 5 rings (SSSR count). The summed E-state index contributed by atoms with van der Waals surface area (Å²) in [6, 6.07) is 14.3. The maximum Gasteiger partial charge on any atom is 0.174 e. The van der Waals surface area contributed by atoms with E-state index in [0.717, 1.165) is 57.4 Å². The molecule has 0 spiro atoms. The van der Waals surface area contributed by atoms with E-state index >= 15 is 0 Å². The van der Waals surface area contributed by atoms with Crippen molar-refractivity contribution in [3.05, 3.63) is 92.4 Å². The van der Waals surface area contributed by atoms with E-state index in [9.17, 15) is 9.59 Å². The molecular formula is C31H32INO4. The third-order valence-corrected chi connectivity index (χ3v) is 8.08. The van der Waals surface area contributed by atoms with Gasteiger partial charge in [0.15, 0.2) is 23.1 Å². The maximum absolute atomic E-state index is 13.6. The first kappa shape index (κ1) is 25.8. The van der Waals surface area contributed by atoms with Gasteiger partial charge < -0.3 is 14.4 Å². The number of ether oxygens (including phenoxy) is 2. The maximum atomic E-state index is 13.6. The first-order valence-corrected chi connectivity index (χ1v) is 14.1. The molecule has 192 valence electrons. The minimum absolute atomic E-state index is 0.147. The molecule has 0 N–H and O–H groups in total. The SMILES string of the molecule is C=CCOc1c(I)cc(C2C3=C(CCCC3=O)N(Cc3ccccc3)C3=C2C(=O)CCC3)cc1OCC. The Morgan fingerprint density at radius 3 is 2.22 bits per heavy atom. The molecule has 0 aromatic heterocycles. The van der Waals surface area contributed by atoms with Gasteiger partial charge in [0.25, 0.3) is 0 Å². The highest BCUT2D eigenvalue weighted by molar-refractivity contribution is 14.1. The number of rotatable bonds is 8.